The van der Waals surface area contributed by atoms with Gasteiger partial charge >= 0.3 is 0 Å². The van der Waals surface area contributed by atoms with Gasteiger partial charge in [-0.15, -0.1) is 0 Å². The Morgan fingerprint density at radius 1 is 1.60 bits per heavy atom. The van der Waals surface area contributed by atoms with Crippen LogP contribution in [0.25, 0.3) is 0 Å². The lowest BCUT2D eigenvalue weighted by Gasteiger charge is -2.10. The Labute approximate surface area is 62.7 Å². The summed E-state index contributed by atoms with van der Waals surface area (Å²) < 4.78 is 5.45. The van der Waals surface area contributed by atoms with Gasteiger partial charge in [0.05, 0.1) is 12.7 Å². The molecule has 0 aromatic rings. The van der Waals surface area contributed by atoms with Crippen LogP contribution in [0.1, 0.15) is 20.3 Å². The molecule has 2 nitrogen and oxygen atoms in total. The second-order valence-corrected chi connectivity index (χ2v) is 3.43. The Bertz CT molecular complexity index is 103. The first kappa shape index (κ1) is 8.02. The van der Waals surface area contributed by atoms with Gasteiger partial charge in [0.2, 0.25) is 0 Å². The van der Waals surface area contributed by atoms with Gasteiger partial charge < -0.3 is 10.5 Å². The van der Waals surface area contributed by atoms with E-state index in [9.17, 15) is 0 Å². The predicted octanol–water partition coefficient (Wildman–Crippen LogP) is 1.01. The molecule has 0 bridgehead atoms. The molecular formula is C8H17NO. The van der Waals surface area contributed by atoms with Crippen LogP contribution >= 0.6 is 0 Å². The fourth-order valence-electron chi connectivity index (χ4n) is 1.36. The molecule has 60 valence electrons. The lowest BCUT2D eigenvalue weighted by atomic mass is 9.93. The normalized spacial score (nSPS) is 33.6. The molecule has 0 aromatic carbocycles. The molecule has 0 aromatic heterocycles. The average Bonchev–Trinajstić information content (AvgIpc) is 2.34. The average molecular weight is 143 g/mol. The molecule has 10 heavy (non-hydrogen) atoms. The Kier molecular flexibility index (Phi) is 2.69. The van der Waals surface area contributed by atoms with Crippen LogP contribution in [0.4, 0.5) is 0 Å². The van der Waals surface area contributed by atoms with Crippen LogP contribution < -0.4 is 5.73 Å². The van der Waals surface area contributed by atoms with Crippen molar-refractivity contribution in [1.82, 2.24) is 0 Å². The topological polar surface area (TPSA) is 35.2 Å². The van der Waals surface area contributed by atoms with E-state index in [-0.39, 0.29) is 0 Å². The summed E-state index contributed by atoms with van der Waals surface area (Å²) in [4.78, 5) is 0. The van der Waals surface area contributed by atoms with Crippen molar-refractivity contribution in [1.29, 1.82) is 0 Å². The molecule has 0 aliphatic carbocycles. The Morgan fingerprint density at radius 2 is 2.30 bits per heavy atom. The maximum Gasteiger partial charge on any atom is 0.0701 e. The molecule has 2 heteroatoms. The number of rotatable bonds is 2. The van der Waals surface area contributed by atoms with Crippen LogP contribution in [-0.2, 0) is 4.74 Å². The molecular weight excluding hydrogens is 126 g/mol. The standard InChI is InChI=1S/C8H17NO/c1-6(2)7-3-8(4-9)10-5-7/h6-8H,3-5,9H2,1-2H3/t7-,8-/m0/s1. The summed E-state index contributed by atoms with van der Waals surface area (Å²) in [6, 6.07) is 0. The third kappa shape index (κ3) is 1.70. The summed E-state index contributed by atoms with van der Waals surface area (Å²) in [6.07, 6.45) is 1.50. The molecule has 1 rings (SSSR count). The van der Waals surface area contributed by atoms with Crippen LogP contribution in [0.2, 0.25) is 0 Å². The van der Waals surface area contributed by atoms with Crippen molar-refractivity contribution in [3.05, 3.63) is 0 Å². The van der Waals surface area contributed by atoms with E-state index in [1.165, 1.54) is 0 Å². The maximum absolute atomic E-state index is 5.47. The summed E-state index contributed by atoms with van der Waals surface area (Å²) in [6.45, 7) is 6.09. The summed E-state index contributed by atoms with van der Waals surface area (Å²) in [5, 5.41) is 0. The van der Waals surface area contributed by atoms with Crippen molar-refractivity contribution < 1.29 is 4.74 Å². The van der Waals surface area contributed by atoms with E-state index in [1.54, 1.807) is 0 Å². The van der Waals surface area contributed by atoms with E-state index >= 15 is 0 Å². The smallest absolute Gasteiger partial charge is 0.0701 e. The first-order valence-corrected chi connectivity index (χ1v) is 4.05. The fourth-order valence-corrected chi connectivity index (χ4v) is 1.36. The zero-order valence-electron chi connectivity index (χ0n) is 6.84. The Hall–Kier alpha value is -0.0800. The lowest BCUT2D eigenvalue weighted by molar-refractivity contribution is 0.109. The minimum atomic E-state index is 0.340. The van der Waals surface area contributed by atoms with Crippen LogP contribution in [0.5, 0.6) is 0 Å². The van der Waals surface area contributed by atoms with E-state index in [1.807, 2.05) is 0 Å². The van der Waals surface area contributed by atoms with Gasteiger partial charge in [-0.3, -0.25) is 0 Å². The van der Waals surface area contributed by atoms with Crippen LogP contribution in [0.15, 0.2) is 0 Å². The van der Waals surface area contributed by atoms with Crippen molar-refractivity contribution >= 4 is 0 Å². The molecule has 1 heterocycles. The van der Waals surface area contributed by atoms with E-state index < -0.39 is 0 Å². The van der Waals surface area contributed by atoms with Crippen molar-refractivity contribution in [2.24, 2.45) is 17.6 Å². The summed E-state index contributed by atoms with van der Waals surface area (Å²) in [7, 11) is 0. The van der Waals surface area contributed by atoms with Gasteiger partial charge in [-0.2, -0.15) is 0 Å². The van der Waals surface area contributed by atoms with Gasteiger partial charge in [0.1, 0.15) is 0 Å². The van der Waals surface area contributed by atoms with Crippen molar-refractivity contribution in [3.63, 3.8) is 0 Å². The van der Waals surface area contributed by atoms with Crippen LogP contribution in [0, 0.1) is 11.8 Å². The number of ether oxygens (including phenoxy) is 1. The quantitative estimate of drug-likeness (QED) is 0.626. The number of nitrogens with two attached hydrogens (primary N) is 1. The molecule has 0 spiro atoms. The van der Waals surface area contributed by atoms with E-state index in [0.717, 1.165) is 24.9 Å². The Balaban J connectivity index is 2.28. The van der Waals surface area contributed by atoms with Gasteiger partial charge in [0.25, 0.3) is 0 Å². The molecule has 1 fully saturated rings. The highest BCUT2D eigenvalue weighted by molar-refractivity contribution is 4.75. The van der Waals surface area contributed by atoms with Gasteiger partial charge in [-0.05, 0) is 18.3 Å². The molecule has 0 radical (unpaired) electrons. The minimum Gasteiger partial charge on any atom is -0.377 e. The Morgan fingerprint density at radius 3 is 2.60 bits per heavy atom. The van der Waals surface area contributed by atoms with E-state index in [0.29, 0.717) is 12.6 Å². The fraction of sp³-hybridized carbons (Fsp3) is 1.00. The molecule has 2 N–H and O–H groups in total. The molecule has 0 amide bonds. The minimum absolute atomic E-state index is 0.340. The van der Waals surface area contributed by atoms with E-state index in [4.69, 9.17) is 10.5 Å². The summed E-state index contributed by atoms with van der Waals surface area (Å²) >= 11 is 0. The molecule has 2 atom stereocenters. The first-order valence-electron chi connectivity index (χ1n) is 4.05. The second kappa shape index (κ2) is 3.35. The van der Waals surface area contributed by atoms with Gasteiger partial charge in [-0.25, -0.2) is 0 Å². The highest BCUT2D eigenvalue weighted by atomic mass is 16.5. The third-order valence-corrected chi connectivity index (χ3v) is 2.32. The first-order chi connectivity index (χ1) is 4.74. The predicted molar refractivity (Wildman–Crippen MR) is 41.7 cm³/mol. The molecule has 1 saturated heterocycles. The molecule has 1 aliphatic rings. The largest absolute Gasteiger partial charge is 0.377 e. The summed E-state index contributed by atoms with van der Waals surface area (Å²) in [5.74, 6) is 1.49. The monoisotopic (exact) mass is 143 g/mol. The molecule has 0 unspecified atom stereocenters. The van der Waals surface area contributed by atoms with Crippen LogP contribution in [0.3, 0.4) is 0 Å². The zero-order valence-corrected chi connectivity index (χ0v) is 6.84. The van der Waals surface area contributed by atoms with Crippen molar-refractivity contribution in [2.45, 2.75) is 26.4 Å². The van der Waals surface area contributed by atoms with Gasteiger partial charge in [0.15, 0.2) is 0 Å². The second-order valence-electron chi connectivity index (χ2n) is 3.43. The zero-order chi connectivity index (χ0) is 7.56. The SMILES string of the molecule is CC(C)[C@@H]1CO[C@H](CN)C1. The van der Waals surface area contributed by atoms with Crippen molar-refractivity contribution in [2.75, 3.05) is 13.2 Å². The van der Waals surface area contributed by atoms with Crippen LogP contribution in [-0.4, -0.2) is 19.3 Å². The third-order valence-electron chi connectivity index (χ3n) is 2.32. The van der Waals surface area contributed by atoms with E-state index in [2.05, 4.69) is 13.8 Å². The van der Waals surface area contributed by atoms with Crippen molar-refractivity contribution in [3.8, 4) is 0 Å². The lowest BCUT2D eigenvalue weighted by Crippen LogP contribution is -2.18. The highest BCUT2D eigenvalue weighted by Crippen LogP contribution is 2.25. The van der Waals surface area contributed by atoms with Gasteiger partial charge in [-0.1, -0.05) is 13.8 Å². The van der Waals surface area contributed by atoms with Gasteiger partial charge in [0, 0.05) is 6.54 Å². The summed E-state index contributed by atoms with van der Waals surface area (Å²) in [5.41, 5.74) is 5.47. The number of hydrogen-bond acceptors (Lipinski definition) is 2. The highest BCUT2D eigenvalue weighted by Gasteiger charge is 2.26. The maximum atomic E-state index is 5.47. The number of hydrogen-bond donors (Lipinski definition) is 1. The molecule has 1 aliphatic heterocycles. The molecule has 0 saturated carbocycles.